The van der Waals surface area contributed by atoms with E-state index >= 15 is 0 Å². The van der Waals surface area contributed by atoms with Crippen molar-refractivity contribution in [2.24, 2.45) is 5.41 Å². The van der Waals surface area contributed by atoms with E-state index < -0.39 is 11.4 Å². The fourth-order valence-corrected chi connectivity index (χ4v) is 0.811. The van der Waals surface area contributed by atoms with Gasteiger partial charge in [-0.3, -0.25) is 4.79 Å². The maximum absolute atomic E-state index is 10.8. The number of Topliss-reactive ketones (excluding diaryl/α,β-unsaturated/α-hetero) is 1. The summed E-state index contributed by atoms with van der Waals surface area (Å²) in [6.45, 7) is 2.95. The van der Waals surface area contributed by atoms with Crippen molar-refractivity contribution in [3.63, 3.8) is 0 Å². The Kier molecular flexibility index (Phi) is 3.72. The molecule has 0 aromatic carbocycles. The highest BCUT2D eigenvalue weighted by Gasteiger charge is 2.22. The Balaban J connectivity index is 4.12. The third-order valence-electron chi connectivity index (χ3n) is 1.34. The first kappa shape index (κ1) is 10.6. The van der Waals surface area contributed by atoms with E-state index in [0.717, 1.165) is 0 Å². The van der Waals surface area contributed by atoms with Crippen LogP contribution < -0.4 is 5.11 Å². The summed E-state index contributed by atoms with van der Waals surface area (Å²) < 4.78 is 0. The monoisotopic (exact) mass is 221 g/mol. The molecule has 0 radical (unpaired) electrons. The highest BCUT2D eigenvalue weighted by molar-refractivity contribution is 9.09. The zero-order chi connectivity index (χ0) is 9.07. The topological polar surface area (TPSA) is 57.2 Å². The quantitative estimate of drug-likeness (QED) is 0.634. The van der Waals surface area contributed by atoms with E-state index in [1.54, 1.807) is 0 Å². The number of carbonyl (C=O) groups excluding carboxylic acids is 2. The molecule has 0 saturated heterocycles. The van der Waals surface area contributed by atoms with Crippen molar-refractivity contribution in [2.75, 3.05) is 5.33 Å². The molecule has 0 aromatic heterocycles. The van der Waals surface area contributed by atoms with Gasteiger partial charge >= 0.3 is 0 Å². The van der Waals surface area contributed by atoms with Gasteiger partial charge in [-0.05, 0) is 0 Å². The number of ketones is 1. The molecule has 0 aliphatic carbocycles. The minimum Gasteiger partial charge on any atom is -0.550 e. The molecule has 0 fully saturated rings. The average Bonchev–Trinajstić information content (AvgIpc) is 1.86. The second kappa shape index (κ2) is 3.85. The van der Waals surface area contributed by atoms with Crippen LogP contribution in [0.25, 0.3) is 0 Å². The molecule has 0 aliphatic rings. The van der Waals surface area contributed by atoms with Crippen LogP contribution in [0.1, 0.15) is 20.3 Å². The van der Waals surface area contributed by atoms with Gasteiger partial charge in [0.15, 0.2) is 0 Å². The molecule has 0 unspecified atom stereocenters. The van der Waals surface area contributed by atoms with Crippen molar-refractivity contribution in [1.29, 1.82) is 0 Å². The minimum absolute atomic E-state index is 0.0145. The predicted molar refractivity (Wildman–Crippen MR) is 42.2 cm³/mol. The van der Waals surface area contributed by atoms with E-state index in [4.69, 9.17) is 0 Å². The average molecular weight is 222 g/mol. The van der Waals surface area contributed by atoms with E-state index in [-0.39, 0.29) is 17.5 Å². The second-order valence-corrected chi connectivity index (χ2v) is 3.58. The Hall–Kier alpha value is -0.380. The SMILES string of the molecule is CC(C)(CC(=O)CBr)C(=O)[O-]. The summed E-state index contributed by atoms with van der Waals surface area (Å²) in [7, 11) is 0. The van der Waals surface area contributed by atoms with Gasteiger partial charge in [0.2, 0.25) is 0 Å². The molecule has 11 heavy (non-hydrogen) atoms. The molecule has 0 aliphatic heterocycles. The lowest BCUT2D eigenvalue weighted by Gasteiger charge is -2.24. The number of aliphatic carboxylic acids is 1. The lowest BCUT2D eigenvalue weighted by atomic mass is 9.88. The van der Waals surface area contributed by atoms with Crippen molar-refractivity contribution < 1.29 is 14.7 Å². The van der Waals surface area contributed by atoms with Crippen LogP contribution in [-0.4, -0.2) is 17.1 Å². The maximum Gasteiger partial charge on any atom is 0.144 e. The number of rotatable bonds is 4. The number of halogens is 1. The molecular weight excluding hydrogens is 212 g/mol. The van der Waals surface area contributed by atoms with Gasteiger partial charge in [0, 0.05) is 17.8 Å². The van der Waals surface area contributed by atoms with Gasteiger partial charge in [0.25, 0.3) is 0 Å². The molecule has 0 atom stereocenters. The third-order valence-corrected chi connectivity index (χ3v) is 1.97. The molecule has 0 saturated carbocycles. The molecule has 64 valence electrons. The first-order valence-corrected chi connectivity index (χ1v) is 4.31. The Bertz CT molecular complexity index is 175. The summed E-state index contributed by atoms with van der Waals surface area (Å²) in [6, 6.07) is 0. The minimum atomic E-state index is -1.19. The van der Waals surface area contributed by atoms with Crippen molar-refractivity contribution in [1.82, 2.24) is 0 Å². The molecule has 0 heterocycles. The van der Waals surface area contributed by atoms with Crippen LogP contribution in [-0.2, 0) is 9.59 Å². The van der Waals surface area contributed by atoms with Crippen LogP contribution in [0.5, 0.6) is 0 Å². The summed E-state index contributed by atoms with van der Waals surface area (Å²) >= 11 is 2.95. The molecule has 0 aromatic rings. The Morgan fingerprint density at radius 2 is 1.91 bits per heavy atom. The van der Waals surface area contributed by atoms with Gasteiger partial charge in [-0.15, -0.1) is 0 Å². The highest BCUT2D eigenvalue weighted by atomic mass is 79.9. The lowest BCUT2D eigenvalue weighted by Crippen LogP contribution is -2.39. The first-order chi connectivity index (χ1) is 4.90. The van der Waals surface area contributed by atoms with Crippen LogP contribution in [0, 0.1) is 5.41 Å². The number of carboxylic acid groups (broad SMARTS) is 1. The number of hydrogen-bond acceptors (Lipinski definition) is 3. The van der Waals surface area contributed by atoms with Gasteiger partial charge in [0.1, 0.15) is 5.78 Å². The summed E-state index contributed by atoms with van der Waals surface area (Å²) in [5.41, 5.74) is -1.05. The van der Waals surface area contributed by atoms with E-state index in [9.17, 15) is 14.7 Å². The van der Waals surface area contributed by atoms with Gasteiger partial charge in [-0.2, -0.15) is 0 Å². The van der Waals surface area contributed by atoms with Crippen LogP contribution in [0.3, 0.4) is 0 Å². The highest BCUT2D eigenvalue weighted by Crippen LogP contribution is 2.19. The van der Waals surface area contributed by atoms with Crippen molar-refractivity contribution in [3.8, 4) is 0 Å². The predicted octanol–water partition coefficient (Wildman–Crippen LogP) is 0.117. The van der Waals surface area contributed by atoms with E-state index in [1.807, 2.05) is 0 Å². The van der Waals surface area contributed by atoms with E-state index in [0.29, 0.717) is 0 Å². The standard InChI is InChI=1S/C7H11BrO3/c1-7(2,6(10)11)3-5(9)4-8/h3-4H2,1-2H3,(H,10,11)/p-1. The first-order valence-electron chi connectivity index (χ1n) is 3.19. The second-order valence-electron chi connectivity index (χ2n) is 3.02. The Morgan fingerprint density at radius 1 is 1.45 bits per heavy atom. The van der Waals surface area contributed by atoms with Crippen LogP contribution in [0.2, 0.25) is 0 Å². The number of hydrogen-bond donors (Lipinski definition) is 0. The fraction of sp³-hybridized carbons (Fsp3) is 0.714. The zero-order valence-corrected chi connectivity index (χ0v) is 8.10. The summed E-state index contributed by atoms with van der Waals surface area (Å²) in [5, 5.41) is 10.6. The summed E-state index contributed by atoms with van der Waals surface area (Å²) in [4.78, 5) is 21.2. The fourth-order valence-electron chi connectivity index (χ4n) is 0.612. The number of carboxylic acids is 1. The smallest absolute Gasteiger partial charge is 0.144 e. The molecule has 3 nitrogen and oxygen atoms in total. The van der Waals surface area contributed by atoms with Crippen LogP contribution in [0.15, 0.2) is 0 Å². The largest absolute Gasteiger partial charge is 0.550 e. The van der Waals surface area contributed by atoms with Crippen molar-refractivity contribution in [2.45, 2.75) is 20.3 Å². The van der Waals surface area contributed by atoms with Crippen LogP contribution in [0.4, 0.5) is 0 Å². The molecular formula is C7H10BrO3-. The molecule has 0 amide bonds. The maximum atomic E-state index is 10.8. The molecule has 4 heteroatoms. The lowest BCUT2D eigenvalue weighted by molar-refractivity contribution is -0.317. The molecule has 0 bridgehead atoms. The van der Waals surface area contributed by atoms with Gasteiger partial charge in [-0.1, -0.05) is 29.8 Å². The van der Waals surface area contributed by atoms with Crippen LogP contribution >= 0.6 is 15.9 Å². The van der Waals surface area contributed by atoms with Gasteiger partial charge in [0.05, 0.1) is 5.33 Å². The third kappa shape index (κ3) is 3.51. The Labute approximate surface area is 73.9 Å². The Morgan fingerprint density at radius 3 is 2.18 bits per heavy atom. The van der Waals surface area contributed by atoms with E-state index in [1.165, 1.54) is 13.8 Å². The molecule has 0 spiro atoms. The summed E-state index contributed by atoms with van der Waals surface area (Å²) in [5.74, 6) is -1.31. The van der Waals surface area contributed by atoms with Crippen molar-refractivity contribution >= 4 is 27.7 Å². The number of carbonyl (C=O) groups is 2. The van der Waals surface area contributed by atoms with E-state index in [2.05, 4.69) is 15.9 Å². The molecule has 0 rings (SSSR count). The van der Waals surface area contributed by atoms with Crippen molar-refractivity contribution in [3.05, 3.63) is 0 Å². The van der Waals surface area contributed by atoms with Gasteiger partial charge in [-0.25, -0.2) is 0 Å². The van der Waals surface area contributed by atoms with Gasteiger partial charge < -0.3 is 9.90 Å². The number of alkyl halides is 1. The normalized spacial score (nSPS) is 11.2. The molecule has 0 N–H and O–H groups in total. The summed E-state index contributed by atoms with van der Waals surface area (Å²) in [6.07, 6.45) is 0.0145. The zero-order valence-electron chi connectivity index (χ0n) is 6.52.